The van der Waals surface area contributed by atoms with Gasteiger partial charge in [-0.1, -0.05) is 6.07 Å². The summed E-state index contributed by atoms with van der Waals surface area (Å²) in [6, 6.07) is 12.1. The molecule has 1 fully saturated rings. The molecule has 0 aliphatic carbocycles. The highest BCUT2D eigenvalue weighted by Crippen LogP contribution is 2.28. The number of nitrogens with zero attached hydrogens (tertiary/aromatic N) is 1. The van der Waals surface area contributed by atoms with Crippen LogP contribution >= 0.6 is 0 Å². The van der Waals surface area contributed by atoms with E-state index in [1.165, 1.54) is 0 Å². The second-order valence-electron chi connectivity index (χ2n) is 8.54. The Morgan fingerprint density at radius 3 is 2.31 bits per heavy atom. The zero-order valence-corrected chi connectivity index (χ0v) is 21.1. The van der Waals surface area contributed by atoms with E-state index >= 15 is 0 Å². The number of hydrogen-bond donors (Lipinski definition) is 1. The lowest BCUT2D eigenvalue weighted by molar-refractivity contribution is -0.121. The lowest BCUT2D eigenvalue weighted by Gasteiger charge is -2.32. The number of nitrogens with one attached hydrogen (secondary N) is 1. The molecule has 0 spiro atoms. The van der Waals surface area contributed by atoms with Gasteiger partial charge in [0.1, 0.15) is 5.75 Å². The number of benzene rings is 2. The maximum absolute atomic E-state index is 12.8. The first-order valence-electron chi connectivity index (χ1n) is 12.1. The number of ether oxygens (including phenoxy) is 4. The van der Waals surface area contributed by atoms with Crippen LogP contribution in [0.4, 0.5) is 4.79 Å². The molecule has 194 valence electrons. The van der Waals surface area contributed by atoms with Gasteiger partial charge in [-0.25, -0.2) is 4.79 Å². The first-order chi connectivity index (χ1) is 17.4. The highest BCUT2D eigenvalue weighted by molar-refractivity contribution is 5.94. The maximum Gasteiger partial charge on any atom is 0.513 e. The Morgan fingerprint density at radius 1 is 0.972 bits per heavy atom. The largest absolute Gasteiger partial charge is 0.513 e. The molecule has 3 rings (SSSR count). The normalized spacial score (nSPS) is 13.6. The molecule has 9 heteroatoms. The van der Waals surface area contributed by atoms with Gasteiger partial charge in [-0.15, -0.1) is 0 Å². The van der Waals surface area contributed by atoms with Gasteiger partial charge >= 0.3 is 6.16 Å². The molecule has 0 unspecified atom stereocenters. The van der Waals surface area contributed by atoms with Gasteiger partial charge in [0, 0.05) is 31.6 Å². The molecule has 2 aromatic rings. The molecular weight excluding hydrogens is 464 g/mol. The Balaban J connectivity index is 1.38. The van der Waals surface area contributed by atoms with Crippen molar-refractivity contribution in [1.29, 1.82) is 0 Å². The fourth-order valence-corrected chi connectivity index (χ4v) is 4.07. The zero-order valence-electron chi connectivity index (χ0n) is 21.1. The fraction of sp³-hybridized carbons (Fsp3) is 0.444. The molecule has 1 saturated heterocycles. The number of rotatable bonds is 10. The summed E-state index contributed by atoms with van der Waals surface area (Å²) in [5.74, 6) is 1.92. The predicted octanol–water partition coefficient (Wildman–Crippen LogP) is 3.84. The van der Waals surface area contributed by atoms with Gasteiger partial charge in [0.2, 0.25) is 5.91 Å². The molecule has 0 atom stereocenters. The Labute approximate surface area is 211 Å². The van der Waals surface area contributed by atoms with Crippen molar-refractivity contribution in [3.8, 4) is 17.2 Å². The van der Waals surface area contributed by atoms with Crippen molar-refractivity contribution in [2.24, 2.45) is 5.92 Å². The van der Waals surface area contributed by atoms with E-state index in [9.17, 15) is 14.4 Å². The summed E-state index contributed by atoms with van der Waals surface area (Å²) in [6.07, 6.45) is 1.88. The smallest absolute Gasteiger partial charge is 0.493 e. The van der Waals surface area contributed by atoms with Gasteiger partial charge in [-0.2, -0.15) is 0 Å². The van der Waals surface area contributed by atoms with Crippen LogP contribution in [0.2, 0.25) is 0 Å². The van der Waals surface area contributed by atoms with E-state index in [0.29, 0.717) is 61.2 Å². The molecule has 1 heterocycles. The van der Waals surface area contributed by atoms with Crippen LogP contribution in [-0.2, 0) is 16.0 Å². The number of hydrogen-bond acceptors (Lipinski definition) is 7. The zero-order chi connectivity index (χ0) is 25.9. The fourth-order valence-electron chi connectivity index (χ4n) is 4.07. The molecule has 1 aliphatic heterocycles. The van der Waals surface area contributed by atoms with Crippen LogP contribution < -0.4 is 19.5 Å². The third-order valence-corrected chi connectivity index (χ3v) is 6.14. The maximum atomic E-state index is 12.8. The molecule has 2 aromatic carbocycles. The average Bonchev–Trinajstić information content (AvgIpc) is 2.91. The molecule has 2 amide bonds. The molecular formula is C27H34N2O7. The second kappa shape index (κ2) is 13.4. The van der Waals surface area contributed by atoms with E-state index in [-0.39, 0.29) is 18.4 Å². The van der Waals surface area contributed by atoms with E-state index in [1.807, 2.05) is 23.1 Å². The highest BCUT2D eigenvalue weighted by atomic mass is 16.7. The van der Waals surface area contributed by atoms with Gasteiger partial charge in [0.05, 0.1) is 20.8 Å². The minimum Gasteiger partial charge on any atom is -0.493 e. The van der Waals surface area contributed by atoms with Gasteiger partial charge in [0.15, 0.2) is 11.5 Å². The summed E-state index contributed by atoms with van der Waals surface area (Å²) in [5, 5.41) is 3.03. The lowest BCUT2D eigenvalue weighted by atomic mass is 9.96. The summed E-state index contributed by atoms with van der Waals surface area (Å²) >= 11 is 0. The Bertz CT molecular complexity index is 1030. The summed E-state index contributed by atoms with van der Waals surface area (Å²) < 4.78 is 20.3. The third kappa shape index (κ3) is 7.63. The van der Waals surface area contributed by atoms with Crippen LogP contribution in [0, 0.1) is 5.92 Å². The minimum absolute atomic E-state index is 0.00779. The number of carbonyl (C=O) groups excluding carboxylic acids is 3. The Morgan fingerprint density at radius 2 is 1.67 bits per heavy atom. The van der Waals surface area contributed by atoms with Crippen LogP contribution in [0.15, 0.2) is 42.5 Å². The highest BCUT2D eigenvalue weighted by Gasteiger charge is 2.24. The molecule has 0 aromatic heterocycles. The van der Waals surface area contributed by atoms with E-state index in [1.54, 1.807) is 45.4 Å². The minimum atomic E-state index is -0.772. The molecule has 0 bridgehead atoms. The monoisotopic (exact) mass is 498 g/mol. The SMILES string of the molecule is CCOC(=O)Oc1ccc(C(=O)N2CCC(CNC(=O)CCc3ccc(OC)c(OC)c3)CC2)cc1. The van der Waals surface area contributed by atoms with Crippen molar-refractivity contribution in [1.82, 2.24) is 10.2 Å². The van der Waals surface area contributed by atoms with Gasteiger partial charge < -0.3 is 29.2 Å². The molecule has 0 radical (unpaired) electrons. The number of aryl methyl sites for hydroxylation is 1. The second-order valence-corrected chi connectivity index (χ2v) is 8.54. The average molecular weight is 499 g/mol. The Hall–Kier alpha value is -3.75. The van der Waals surface area contributed by atoms with E-state index in [2.05, 4.69) is 5.32 Å². The van der Waals surface area contributed by atoms with Gasteiger partial charge in [-0.3, -0.25) is 9.59 Å². The van der Waals surface area contributed by atoms with Crippen LogP contribution in [0.25, 0.3) is 0 Å². The van der Waals surface area contributed by atoms with Crippen molar-refractivity contribution in [3.05, 3.63) is 53.6 Å². The number of likely N-dealkylation sites (tertiary alicyclic amines) is 1. The third-order valence-electron chi connectivity index (χ3n) is 6.14. The van der Waals surface area contributed by atoms with Crippen molar-refractivity contribution in [2.75, 3.05) is 40.5 Å². The molecule has 0 saturated carbocycles. The van der Waals surface area contributed by atoms with Crippen LogP contribution in [0.5, 0.6) is 17.2 Å². The molecule has 9 nitrogen and oxygen atoms in total. The van der Waals surface area contributed by atoms with Crippen LogP contribution in [-0.4, -0.2) is 63.3 Å². The van der Waals surface area contributed by atoms with E-state index in [0.717, 1.165) is 18.4 Å². The van der Waals surface area contributed by atoms with Crippen molar-refractivity contribution in [3.63, 3.8) is 0 Å². The van der Waals surface area contributed by atoms with Crippen molar-refractivity contribution >= 4 is 18.0 Å². The lowest BCUT2D eigenvalue weighted by Crippen LogP contribution is -2.41. The summed E-state index contributed by atoms with van der Waals surface area (Å²) in [6.45, 7) is 3.79. The number of carbonyl (C=O) groups is 3. The van der Waals surface area contributed by atoms with Gasteiger partial charge in [-0.05, 0) is 74.1 Å². The van der Waals surface area contributed by atoms with Crippen LogP contribution in [0.1, 0.15) is 42.1 Å². The van der Waals surface area contributed by atoms with Crippen LogP contribution in [0.3, 0.4) is 0 Å². The number of methoxy groups -OCH3 is 2. The molecule has 1 N–H and O–H groups in total. The number of piperidine rings is 1. The number of amides is 2. The Kier molecular flexibility index (Phi) is 9.97. The topological polar surface area (TPSA) is 103 Å². The van der Waals surface area contributed by atoms with E-state index in [4.69, 9.17) is 18.9 Å². The molecule has 36 heavy (non-hydrogen) atoms. The van der Waals surface area contributed by atoms with Crippen molar-refractivity contribution in [2.45, 2.75) is 32.6 Å². The standard InChI is InChI=1S/C27H34N2O7/c1-4-35-27(32)36-22-9-7-21(8-10-22)26(31)29-15-13-20(14-16-29)18-28-25(30)12-6-19-5-11-23(33-2)24(17-19)34-3/h5,7-11,17,20H,4,6,12-16,18H2,1-3H3,(H,28,30). The van der Waals surface area contributed by atoms with Gasteiger partial charge in [0.25, 0.3) is 5.91 Å². The summed E-state index contributed by atoms with van der Waals surface area (Å²) in [5.41, 5.74) is 1.54. The first kappa shape index (κ1) is 26.8. The summed E-state index contributed by atoms with van der Waals surface area (Å²) in [7, 11) is 3.18. The van der Waals surface area contributed by atoms with Crippen molar-refractivity contribution < 1.29 is 33.3 Å². The summed E-state index contributed by atoms with van der Waals surface area (Å²) in [4.78, 5) is 38.4. The predicted molar refractivity (Wildman–Crippen MR) is 134 cm³/mol. The quantitative estimate of drug-likeness (QED) is 0.392. The first-order valence-corrected chi connectivity index (χ1v) is 12.1. The van der Waals surface area contributed by atoms with E-state index < -0.39 is 6.16 Å². The molecule has 1 aliphatic rings.